The molecule has 0 aromatic heterocycles. The molecule has 0 saturated carbocycles. The van der Waals surface area contributed by atoms with Gasteiger partial charge in [0.2, 0.25) is 0 Å². The fourth-order valence-electron chi connectivity index (χ4n) is 1.22. The lowest BCUT2D eigenvalue weighted by Crippen LogP contribution is -2.26. The smallest absolute Gasteiger partial charge is 0.292 e. The zero-order valence-corrected chi connectivity index (χ0v) is 9.40. The SMILES string of the molecule is CC(NOCC(F)(F)F)c1cccc([N+](=O)[O-])c1. The maximum Gasteiger partial charge on any atom is 0.413 e. The Morgan fingerprint density at radius 2 is 2.17 bits per heavy atom. The van der Waals surface area contributed by atoms with Gasteiger partial charge in [-0.15, -0.1) is 0 Å². The van der Waals surface area contributed by atoms with Crippen LogP contribution in [0.1, 0.15) is 18.5 Å². The summed E-state index contributed by atoms with van der Waals surface area (Å²) in [7, 11) is 0. The molecule has 0 aliphatic heterocycles. The lowest BCUT2D eigenvalue weighted by Gasteiger charge is -2.14. The summed E-state index contributed by atoms with van der Waals surface area (Å²) in [6.07, 6.45) is -4.42. The Kier molecular flexibility index (Phi) is 4.62. The minimum absolute atomic E-state index is 0.128. The van der Waals surface area contributed by atoms with E-state index in [9.17, 15) is 23.3 Å². The highest BCUT2D eigenvalue weighted by Crippen LogP contribution is 2.19. The van der Waals surface area contributed by atoms with E-state index >= 15 is 0 Å². The van der Waals surface area contributed by atoms with Gasteiger partial charge in [0.25, 0.3) is 5.69 Å². The van der Waals surface area contributed by atoms with Crippen LogP contribution in [0.2, 0.25) is 0 Å². The zero-order chi connectivity index (χ0) is 13.8. The zero-order valence-electron chi connectivity index (χ0n) is 9.40. The molecule has 0 saturated heterocycles. The largest absolute Gasteiger partial charge is 0.413 e. The number of alkyl halides is 3. The third-order valence-electron chi connectivity index (χ3n) is 2.08. The molecular weight excluding hydrogens is 253 g/mol. The van der Waals surface area contributed by atoms with Gasteiger partial charge < -0.3 is 0 Å². The van der Waals surface area contributed by atoms with Gasteiger partial charge >= 0.3 is 6.18 Å². The van der Waals surface area contributed by atoms with Gasteiger partial charge in [-0.25, -0.2) is 0 Å². The first-order valence-electron chi connectivity index (χ1n) is 4.98. The Bertz CT molecular complexity index is 423. The van der Waals surface area contributed by atoms with Crippen molar-refractivity contribution in [2.45, 2.75) is 19.1 Å². The Hall–Kier alpha value is -1.67. The fraction of sp³-hybridized carbons (Fsp3) is 0.400. The molecule has 5 nitrogen and oxygen atoms in total. The van der Waals surface area contributed by atoms with E-state index in [1.807, 2.05) is 0 Å². The van der Waals surface area contributed by atoms with E-state index in [1.165, 1.54) is 25.1 Å². The van der Waals surface area contributed by atoms with Crippen molar-refractivity contribution in [3.8, 4) is 0 Å². The molecule has 0 spiro atoms. The molecule has 0 radical (unpaired) electrons. The summed E-state index contributed by atoms with van der Waals surface area (Å²) < 4.78 is 35.5. The van der Waals surface area contributed by atoms with Crippen LogP contribution in [0, 0.1) is 10.1 Å². The molecule has 1 rings (SSSR count). The first kappa shape index (κ1) is 14.4. The Morgan fingerprint density at radius 1 is 1.50 bits per heavy atom. The van der Waals surface area contributed by atoms with Crippen LogP contribution < -0.4 is 5.48 Å². The minimum atomic E-state index is -4.42. The van der Waals surface area contributed by atoms with Crippen molar-refractivity contribution in [2.24, 2.45) is 0 Å². The summed E-state index contributed by atoms with van der Waals surface area (Å²) in [6, 6.07) is 4.99. The van der Waals surface area contributed by atoms with Crippen molar-refractivity contribution >= 4 is 5.69 Å². The average molecular weight is 264 g/mol. The third-order valence-corrected chi connectivity index (χ3v) is 2.08. The lowest BCUT2D eigenvalue weighted by atomic mass is 10.1. The summed E-state index contributed by atoms with van der Waals surface area (Å²) in [5.41, 5.74) is 2.52. The van der Waals surface area contributed by atoms with Gasteiger partial charge in [0.05, 0.1) is 11.0 Å². The third kappa shape index (κ3) is 4.68. The number of nitrogens with zero attached hydrogens (tertiary/aromatic N) is 1. The van der Waals surface area contributed by atoms with Crippen LogP contribution in [-0.2, 0) is 4.84 Å². The normalized spacial score (nSPS) is 13.3. The molecule has 1 aromatic carbocycles. The van der Waals surface area contributed by atoms with Gasteiger partial charge in [0.15, 0.2) is 6.61 Å². The first-order valence-corrected chi connectivity index (χ1v) is 4.98. The van der Waals surface area contributed by atoms with Crippen molar-refractivity contribution < 1.29 is 22.9 Å². The van der Waals surface area contributed by atoms with E-state index in [1.54, 1.807) is 6.07 Å². The second kappa shape index (κ2) is 5.78. The van der Waals surface area contributed by atoms with Crippen molar-refractivity contribution in [2.75, 3.05) is 6.61 Å². The van der Waals surface area contributed by atoms with Crippen LogP contribution in [0.4, 0.5) is 18.9 Å². The summed E-state index contributed by atoms with van der Waals surface area (Å²) in [5.74, 6) is 0. The van der Waals surface area contributed by atoms with Gasteiger partial charge in [-0.1, -0.05) is 12.1 Å². The van der Waals surface area contributed by atoms with Crippen molar-refractivity contribution in [3.63, 3.8) is 0 Å². The number of hydroxylamine groups is 1. The van der Waals surface area contributed by atoms with Gasteiger partial charge in [-0.3, -0.25) is 15.0 Å². The number of hydrogen-bond donors (Lipinski definition) is 1. The second-order valence-electron chi connectivity index (χ2n) is 3.60. The van der Waals surface area contributed by atoms with Crippen molar-refractivity contribution in [1.29, 1.82) is 0 Å². The Morgan fingerprint density at radius 3 is 2.72 bits per heavy atom. The predicted molar refractivity (Wildman–Crippen MR) is 56.7 cm³/mol. The molecule has 1 unspecified atom stereocenters. The molecule has 1 atom stereocenters. The fourth-order valence-corrected chi connectivity index (χ4v) is 1.22. The summed E-state index contributed by atoms with van der Waals surface area (Å²) in [5, 5.41) is 10.5. The number of halogens is 3. The molecule has 0 fully saturated rings. The second-order valence-corrected chi connectivity index (χ2v) is 3.60. The van der Waals surface area contributed by atoms with E-state index < -0.39 is 23.7 Å². The number of nitro benzene ring substituents is 1. The molecule has 0 bridgehead atoms. The van der Waals surface area contributed by atoms with Gasteiger partial charge in [-0.05, 0) is 12.5 Å². The highest BCUT2D eigenvalue weighted by atomic mass is 19.4. The monoisotopic (exact) mass is 264 g/mol. The molecule has 0 aliphatic rings. The minimum Gasteiger partial charge on any atom is -0.292 e. The molecule has 0 amide bonds. The Labute approximate surface area is 101 Å². The van der Waals surface area contributed by atoms with Crippen LogP contribution in [0.25, 0.3) is 0 Å². The number of rotatable bonds is 5. The predicted octanol–water partition coefficient (Wildman–Crippen LogP) is 2.74. The van der Waals surface area contributed by atoms with Gasteiger partial charge in [-0.2, -0.15) is 18.7 Å². The molecule has 0 aliphatic carbocycles. The standard InChI is InChI=1S/C10H11F3N2O3/c1-7(14-18-6-10(11,12)13)8-3-2-4-9(5-8)15(16)17/h2-5,7,14H,6H2,1H3. The summed E-state index contributed by atoms with van der Waals surface area (Å²) >= 11 is 0. The van der Waals surface area contributed by atoms with Gasteiger partial charge in [0, 0.05) is 12.1 Å². The molecule has 100 valence electrons. The first-order chi connectivity index (χ1) is 8.29. The number of nitro groups is 1. The van der Waals surface area contributed by atoms with E-state index in [-0.39, 0.29) is 5.69 Å². The van der Waals surface area contributed by atoms with E-state index in [2.05, 4.69) is 10.3 Å². The lowest BCUT2D eigenvalue weighted by molar-refractivity contribution is -0.384. The van der Waals surface area contributed by atoms with Crippen LogP contribution in [0.3, 0.4) is 0 Å². The number of benzene rings is 1. The molecular formula is C10H11F3N2O3. The van der Waals surface area contributed by atoms with E-state index in [0.29, 0.717) is 5.56 Å². The topological polar surface area (TPSA) is 64.4 Å². The molecule has 18 heavy (non-hydrogen) atoms. The molecule has 0 heterocycles. The quantitative estimate of drug-likeness (QED) is 0.656. The highest BCUT2D eigenvalue weighted by Gasteiger charge is 2.28. The molecule has 8 heteroatoms. The van der Waals surface area contributed by atoms with Crippen LogP contribution in [-0.4, -0.2) is 17.7 Å². The maximum atomic E-state index is 11.8. The van der Waals surface area contributed by atoms with Crippen LogP contribution in [0.15, 0.2) is 24.3 Å². The van der Waals surface area contributed by atoms with Crippen LogP contribution in [0.5, 0.6) is 0 Å². The molecule has 1 aromatic rings. The van der Waals surface area contributed by atoms with Gasteiger partial charge in [0.1, 0.15) is 0 Å². The molecule has 1 N–H and O–H groups in total. The average Bonchev–Trinajstić information content (AvgIpc) is 2.27. The summed E-state index contributed by atoms with van der Waals surface area (Å²) in [4.78, 5) is 14.2. The van der Waals surface area contributed by atoms with Crippen molar-refractivity contribution in [1.82, 2.24) is 5.48 Å². The number of non-ortho nitro benzene ring substituents is 1. The van der Waals surface area contributed by atoms with E-state index in [0.717, 1.165) is 0 Å². The van der Waals surface area contributed by atoms with Crippen LogP contribution >= 0.6 is 0 Å². The van der Waals surface area contributed by atoms with E-state index in [4.69, 9.17) is 0 Å². The number of nitrogens with one attached hydrogen (secondary N) is 1. The van der Waals surface area contributed by atoms with Crippen molar-refractivity contribution in [3.05, 3.63) is 39.9 Å². The Balaban J connectivity index is 2.59. The number of hydrogen-bond acceptors (Lipinski definition) is 4. The highest BCUT2D eigenvalue weighted by molar-refractivity contribution is 5.35. The maximum absolute atomic E-state index is 11.8. The summed E-state index contributed by atoms with van der Waals surface area (Å²) in [6.45, 7) is 0.113.